The van der Waals surface area contributed by atoms with Crippen molar-refractivity contribution in [2.45, 2.75) is 32.9 Å². The number of nitrogens with zero attached hydrogens (tertiary/aromatic N) is 3. The van der Waals surface area contributed by atoms with Gasteiger partial charge in [-0.15, -0.1) is 0 Å². The van der Waals surface area contributed by atoms with Crippen LogP contribution in [0.5, 0.6) is 5.88 Å². The molecule has 6 nitrogen and oxygen atoms in total. The molecular weight excluding hydrogens is 316 g/mol. The molecule has 0 spiro atoms. The molecule has 0 fully saturated rings. The highest BCUT2D eigenvalue weighted by Gasteiger charge is 2.25. The maximum atomic E-state index is 12.4. The standard InChI is InChI=1S/C16H19ClN4O2/c1-10-18-8-13-4-3-12(9-21(10)13)15(22)19-6-11-5-14(17)16(23-2)20-7-11/h5,7-8,12H,3-4,6,9H2,1-2H3,(H,19,22). The SMILES string of the molecule is COc1ncc(CNC(=O)C2CCc3cnc(C)n3C2)cc1Cl. The fraction of sp³-hybridized carbons (Fsp3) is 0.438. The number of rotatable bonds is 4. The van der Waals surface area contributed by atoms with E-state index in [2.05, 4.69) is 19.9 Å². The molecule has 7 heteroatoms. The second-order valence-electron chi connectivity index (χ2n) is 5.70. The Bertz CT molecular complexity index is 729. The van der Waals surface area contributed by atoms with Crippen molar-refractivity contribution in [1.29, 1.82) is 0 Å². The molecule has 0 bridgehead atoms. The lowest BCUT2D eigenvalue weighted by atomic mass is 9.97. The summed E-state index contributed by atoms with van der Waals surface area (Å²) < 4.78 is 7.14. The molecule has 0 saturated carbocycles. The van der Waals surface area contributed by atoms with Crippen LogP contribution in [0.4, 0.5) is 0 Å². The van der Waals surface area contributed by atoms with E-state index in [0.29, 0.717) is 24.0 Å². The van der Waals surface area contributed by atoms with Crippen LogP contribution >= 0.6 is 11.6 Å². The number of hydrogen-bond donors (Lipinski definition) is 1. The quantitative estimate of drug-likeness (QED) is 0.930. The van der Waals surface area contributed by atoms with Gasteiger partial charge in [0, 0.05) is 31.2 Å². The minimum Gasteiger partial charge on any atom is -0.480 e. The van der Waals surface area contributed by atoms with Crippen LogP contribution in [-0.2, 0) is 24.3 Å². The Morgan fingerprint density at radius 2 is 2.30 bits per heavy atom. The maximum absolute atomic E-state index is 12.4. The van der Waals surface area contributed by atoms with Gasteiger partial charge < -0.3 is 14.6 Å². The third-order valence-corrected chi connectivity index (χ3v) is 4.46. The number of aromatic nitrogens is 3. The summed E-state index contributed by atoms with van der Waals surface area (Å²) in [5, 5.41) is 3.40. The number of imidazole rings is 1. The third-order valence-electron chi connectivity index (χ3n) is 4.18. The van der Waals surface area contributed by atoms with Gasteiger partial charge in [0.15, 0.2) is 0 Å². The third kappa shape index (κ3) is 3.32. The molecule has 3 heterocycles. The van der Waals surface area contributed by atoms with Crippen molar-refractivity contribution in [2.75, 3.05) is 7.11 Å². The normalized spacial score (nSPS) is 16.7. The first-order valence-electron chi connectivity index (χ1n) is 7.55. The van der Waals surface area contributed by atoms with Crippen molar-refractivity contribution in [3.63, 3.8) is 0 Å². The van der Waals surface area contributed by atoms with Crippen LogP contribution in [0.2, 0.25) is 5.02 Å². The molecule has 1 unspecified atom stereocenters. The van der Waals surface area contributed by atoms with Gasteiger partial charge in [-0.25, -0.2) is 9.97 Å². The molecule has 2 aromatic rings. The highest BCUT2D eigenvalue weighted by molar-refractivity contribution is 6.31. The smallest absolute Gasteiger partial charge is 0.232 e. The van der Waals surface area contributed by atoms with E-state index in [1.165, 1.54) is 12.8 Å². The summed E-state index contributed by atoms with van der Waals surface area (Å²) in [7, 11) is 1.52. The van der Waals surface area contributed by atoms with E-state index in [4.69, 9.17) is 16.3 Å². The molecule has 2 aromatic heterocycles. The van der Waals surface area contributed by atoms with E-state index in [1.54, 1.807) is 12.3 Å². The predicted molar refractivity (Wildman–Crippen MR) is 86.4 cm³/mol. The Balaban J connectivity index is 1.60. The molecule has 23 heavy (non-hydrogen) atoms. The van der Waals surface area contributed by atoms with E-state index in [1.807, 2.05) is 13.1 Å². The molecule has 1 amide bonds. The van der Waals surface area contributed by atoms with Crippen molar-refractivity contribution in [1.82, 2.24) is 19.9 Å². The minimum atomic E-state index is -0.0305. The lowest BCUT2D eigenvalue weighted by molar-refractivity contribution is -0.126. The fourth-order valence-corrected chi connectivity index (χ4v) is 3.12. The van der Waals surface area contributed by atoms with Gasteiger partial charge in [0.25, 0.3) is 0 Å². The fourth-order valence-electron chi connectivity index (χ4n) is 2.86. The number of carbonyl (C=O) groups is 1. The van der Waals surface area contributed by atoms with Crippen LogP contribution in [0.3, 0.4) is 0 Å². The van der Waals surface area contributed by atoms with E-state index in [0.717, 1.165) is 24.2 Å². The molecule has 1 aliphatic rings. The number of aryl methyl sites for hydroxylation is 2. The molecule has 0 radical (unpaired) electrons. The number of ether oxygens (including phenoxy) is 1. The summed E-state index contributed by atoms with van der Waals surface area (Å²) in [5.41, 5.74) is 2.05. The van der Waals surface area contributed by atoms with Crippen molar-refractivity contribution >= 4 is 17.5 Å². The number of nitrogens with one attached hydrogen (secondary N) is 1. The van der Waals surface area contributed by atoms with Crippen LogP contribution < -0.4 is 10.1 Å². The predicted octanol–water partition coefficient (Wildman–Crippen LogP) is 2.13. The van der Waals surface area contributed by atoms with E-state index >= 15 is 0 Å². The molecule has 1 aliphatic heterocycles. The molecule has 3 rings (SSSR count). The van der Waals surface area contributed by atoms with E-state index in [9.17, 15) is 4.79 Å². The molecular formula is C16H19ClN4O2. The van der Waals surface area contributed by atoms with Gasteiger partial charge in [0.05, 0.1) is 13.0 Å². The zero-order valence-electron chi connectivity index (χ0n) is 13.2. The van der Waals surface area contributed by atoms with Crippen LogP contribution in [-0.4, -0.2) is 27.6 Å². The first-order valence-corrected chi connectivity index (χ1v) is 7.93. The van der Waals surface area contributed by atoms with Gasteiger partial charge in [0.1, 0.15) is 10.8 Å². The van der Waals surface area contributed by atoms with Crippen molar-refractivity contribution in [2.24, 2.45) is 5.92 Å². The molecule has 0 saturated heterocycles. The second kappa shape index (κ2) is 6.58. The Morgan fingerprint density at radius 1 is 1.48 bits per heavy atom. The Labute approximate surface area is 139 Å². The van der Waals surface area contributed by atoms with Gasteiger partial charge in [-0.2, -0.15) is 0 Å². The Hall–Kier alpha value is -2.08. The molecule has 122 valence electrons. The van der Waals surface area contributed by atoms with Crippen molar-refractivity contribution in [3.8, 4) is 5.88 Å². The zero-order chi connectivity index (χ0) is 16.4. The summed E-state index contributed by atoms with van der Waals surface area (Å²) >= 11 is 6.04. The van der Waals surface area contributed by atoms with Gasteiger partial charge in [-0.05, 0) is 31.4 Å². The highest BCUT2D eigenvalue weighted by Crippen LogP contribution is 2.23. The maximum Gasteiger partial charge on any atom is 0.232 e. The minimum absolute atomic E-state index is 0.0305. The Morgan fingerprint density at radius 3 is 3.04 bits per heavy atom. The largest absolute Gasteiger partial charge is 0.480 e. The monoisotopic (exact) mass is 334 g/mol. The Kier molecular flexibility index (Phi) is 4.52. The van der Waals surface area contributed by atoms with Crippen LogP contribution in [0.1, 0.15) is 23.5 Å². The highest BCUT2D eigenvalue weighted by atomic mass is 35.5. The number of methoxy groups -OCH3 is 1. The van der Waals surface area contributed by atoms with Gasteiger partial charge >= 0.3 is 0 Å². The molecule has 0 aromatic carbocycles. The van der Waals surface area contributed by atoms with Gasteiger partial charge in [0.2, 0.25) is 11.8 Å². The lowest BCUT2D eigenvalue weighted by Crippen LogP contribution is -2.35. The van der Waals surface area contributed by atoms with Gasteiger partial charge in [-0.3, -0.25) is 4.79 Å². The zero-order valence-corrected chi connectivity index (χ0v) is 13.9. The van der Waals surface area contributed by atoms with E-state index < -0.39 is 0 Å². The molecule has 1 atom stereocenters. The van der Waals surface area contributed by atoms with Crippen LogP contribution in [0, 0.1) is 12.8 Å². The van der Waals surface area contributed by atoms with Gasteiger partial charge in [-0.1, -0.05) is 11.6 Å². The van der Waals surface area contributed by atoms with Crippen molar-refractivity contribution < 1.29 is 9.53 Å². The number of amides is 1. The number of pyridine rings is 1. The summed E-state index contributed by atoms with van der Waals surface area (Å²) in [4.78, 5) is 20.8. The second-order valence-corrected chi connectivity index (χ2v) is 6.10. The summed E-state index contributed by atoms with van der Waals surface area (Å²) in [6.45, 7) is 3.06. The average molecular weight is 335 g/mol. The number of fused-ring (bicyclic) bond motifs is 1. The van der Waals surface area contributed by atoms with E-state index in [-0.39, 0.29) is 11.8 Å². The first-order chi connectivity index (χ1) is 11.1. The molecule has 0 aliphatic carbocycles. The number of halogens is 1. The lowest BCUT2D eigenvalue weighted by Gasteiger charge is -2.24. The number of hydrogen-bond acceptors (Lipinski definition) is 4. The number of carbonyl (C=O) groups excluding carboxylic acids is 1. The topological polar surface area (TPSA) is 69.0 Å². The summed E-state index contributed by atoms with van der Waals surface area (Å²) in [6.07, 6.45) is 5.28. The first kappa shape index (κ1) is 15.8. The summed E-state index contributed by atoms with van der Waals surface area (Å²) in [5.74, 6) is 1.37. The van der Waals surface area contributed by atoms with Crippen LogP contribution in [0.25, 0.3) is 0 Å². The van der Waals surface area contributed by atoms with Crippen molar-refractivity contribution in [3.05, 3.63) is 40.6 Å². The average Bonchev–Trinajstić information content (AvgIpc) is 2.93. The van der Waals surface area contributed by atoms with Crippen LogP contribution in [0.15, 0.2) is 18.5 Å². The summed E-state index contributed by atoms with van der Waals surface area (Å²) in [6, 6.07) is 1.76. The molecule has 1 N–H and O–H groups in total.